The standard InChI is InChI=1S/C18H19F3N4O2/c19-18(20,21)27-15-6-4-13(5-7-15)16(26)23-12-14-8-9-22-17(24-14)25-10-2-1-3-11-25/h4-9H,1-3,10-12H2,(H,23,26). The van der Waals surface area contributed by atoms with Gasteiger partial charge < -0.3 is 15.0 Å². The molecule has 2 heterocycles. The van der Waals surface area contributed by atoms with Gasteiger partial charge in [0.2, 0.25) is 5.95 Å². The van der Waals surface area contributed by atoms with Crippen LogP contribution < -0.4 is 15.0 Å². The van der Waals surface area contributed by atoms with E-state index in [1.54, 1.807) is 12.3 Å². The van der Waals surface area contributed by atoms with Crippen LogP contribution in [-0.4, -0.2) is 35.3 Å². The molecule has 0 radical (unpaired) electrons. The molecule has 0 saturated carbocycles. The average molecular weight is 380 g/mol. The molecule has 3 rings (SSSR count). The van der Waals surface area contributed by atoms with Crippen LogP contribution in [0.4, 0.5) is 19.1 Å². The van der Waals surface area contributed by atoms with E-state index in [2.05, 4.69) is 24.9 Å². The van der Waals surface area contributed by atoms with E-state index in [9.17, 15) is 18.0 Å². The number of halogens is 3. The van der Waals surface area contributed by atoms with Crippen molar-refractivity contribution in [1.29, 1.82) is 0 Å². The quantitative estimate of drug-likeness (QED) is 0.862. The summed E-state index contributed by atoms with van der Waals surface area (Å²) < 4.78 is 40.3. The van der Waals surface area contributed by atoms with Crippen molar-refractivity contribution in [2.75, 3.05) is 18.0 Å². The summed E-state index contributed by atoms with van der Waals surface area (Å²) in [6.07, 6.45) is 0.320. The number of piperidine rings is 1. The summed E-state index contributed by atoms with van der Waals surface area (Å²) in [5.41, 5.74) is 0.894. The maximum atomic E-state index is 12.2. The Morgan fingerprint density at radius 3 is 2.48 bits per heavy atom. The lowest BCUT2D eigenvalue weighted by molar-refractivity contribution is -0.274. The van der Waals surface area contributed by atoms with Gasteiger partial charge >= 0.3 is 6.36 Å². The van der Waals surface area contributed by atoms with Crippen molar-refractivity contribution in [2.45, 2.75) is 32.2 Å². The van der Waals surface area contributed by atoms with Crippen LogP contribution in [0.5, 0.6) is 5.75 Å². The molecule has 1 saturated heterocycles. The number of aromatic nitrogens is 2. The van der Waals surface area contributed by atoms with Gasteiger partial charge in [-0.3, -0.25) is 4.79 Å². The van der Waals surface area contributed by atoms with Crippen LogP contribution in [0.25, 0.3) is 0 Å². The van der Waals surface area contributed by atoms with E-state index in [1.807, 2.05) is 0 Å². The van der Waals surface area contributed by atoms with E-state index in [0.717, 1.165) is 38.1 Å². The number of carbonyl (C=O) groups excluding carboxylic acids is 1. The maximum Gasteiger partial charge on any atom is 0.573 e. The normalized spacial score (nSPS) is 14.7. The second kappa shape index (κ2) is 8.24. The predicted octanol–water partition coefficient (Wildman–Crippen LogP) is 3.30. The van der Waals surface area contributed by atoms with Crippen molar-refractivity contribution in [3.8, 4) is 5.75 Å². The Hall–Kier alpha value is -2.84. The van der Waals surface area contributed by atoms with Crippen molar-refractivity contribution in [3.05, 3.63) is 47.8 Å². The fourth-order valence-electron chi connectivity index (χ4n) is 2.81. The number of benzene rings is 1. The van der Waals surface area contributed by atoms with E-state index < -0.39 is 12.3 Å². The van der Waals surface area contributed by atoms with Crippen LogP contribution in [0.3, 0.4) is 0 Å². The zero-order valence-electron chi connectivity index (χ0n) is 14.5. The first-order chi connectivity index (χ1) is 12.9. The maximum absolute atomic E-state index is 12.2. The Morgan fingerprint density at radius 2 is 1.81 bits per heavy atom. The Labute approximate surface area is 154 Å². The second-order valence-corrected chi connectivity index (χ2v) is 6.15. The molecule has 1 aliphatic rings. The molecule has 0 aliphatic carbocycles. The van der Waals surface area contributed by atoms with Crippen molar-refractivity contribution in [3.63, 3.8) is 0 Å². The number of anilines is 1. The van der Waals surface area contributed by atoms with Gasteiger partial charge in [-0.25, -0.2) is 9.97 Å². The topological polar surface area (TPSA) is 67.4 Å². The van der Waals surface area contributed by atoms with Gasteiger partial charge in [0.1, 0.15) is 5.75 Å². The minimum Gasteiger partial charge on any atom is -0.406 e. The highest BCUT2D eigenvalue weighted by atomic mass is 19.4. The van der Waals surface area contributed by atoms with E-state index >= 15 is 0 Å². The van der Waals surface area contributed by atoms with Crippen LogP contribution in [0.2, 0.25) is 0 Å². The van der Waals surface area contributed by atoms with Gasteiger partial charge in [0.05, 0.1) is 12.2 Å². The molecule has 9 heteroatoms. The molecule has 1 aromatic heterocycles. The largest absolute Gasteiger partial charge is 0.573 e. The molecule has 1 N–H and O–H groups in total. The van der Waals surface area contributed by atoms with Crippen molar-refractivity contribution in [2.24, 2.45) is 0 Å². The summed E-state index contributed by atoms with van der Waals surface area (Å²) in [5.74, 6) is -0.136. The number of nitrogens with zero attached hydrogens (tertiary/aromatic N) is 3. The summed E-state index contributed by atoms with van der Waals surface area (Å²) in [6, 6.07) is 6.46. The smallest absolute Gasteiger partial charge is 0.406 e. The monoisotopic (exact) mass is 380 g/mol. The van der Waals surface area contributed by atoms with E-state index in [4.69, 9.17) is 0 Å². The number of nitrogens with one attached hydrogen (secondary N) is 1. The lowest BCUT2D eigenvalue weighted by Crippen LogP contribution is -2.31. The molecule has 6 nitrogen and oxygen atoms in total. The fraction of sp³-hybridized carbons (Fsp3) is 0.389. The lowest BCUT2D eigenvalue weighted by atomic mass is 10.1. The fourth-order valence-corrected chi connectivity index (χ4v) is 2.81. The number of ether oxygens (including phenoxy) is 1. The van der Waals surface area contributed by atoms with Gasteiger partial charge in [-0.05, 0) is 49.6 Å². The third-order valence-electron chi connectivity index (χ3n) is 4.12. The summed E-state index contributed by atoms with van der Waals surface area (Å²) in [6.45, 7) is 2.04. The minimum absolute atomic E-state index is 0.197. The summed E-state index contributed by atoms with van der Waals surface area (Å²) in [5, 5.41) is 2.70. The Kier molecular flexibility index (Phi) is 5.78. The van der Waals surface area contributed by atoms with Gasteiger partial charge in [-0.15, -0.1) is 13.2 Å². The third-order valence-corrected chi connectivity index (χ3v) is 4.12. The highest BCUT2D eigenvalue weighted by molar-refractivity contribution is 5.94. The first kappa shape index (κ1) is 18.9. The zero-order chi connectivity index (χ0) is 19.3. The van der Waals surface area contributed by atoms with Crippen LogP contribution in [0.15, 0.2) is 36.5 Å². The molecule has 27 heavy (non-hydrogen) atoms. The molecule has 144 valence electrons. The second-order valence-electron chi connectivity index (χ2n) is 6.15. The average Bonchev–Trinajstić information content (AvgIpc) is 2.66. The Morgan fingerprint density at radius 1 is 1.11 bits per heavy atom. The van der Waals surface area contributed by atoms with Gasteiger partial charge in [-0.2, -0.15) is 0 Å². The summed E-state index contributed by atoms with van der Waals surface area (Å²) in [7, 11) is 0. The molecule has 1 amide bonds. The number of amides is 1. The zero-order valence-corrected chi connectivity index (χ0v) is 14.5. The summed E-state index contributed by atoms with van der Waals surface area (Å²) >= 11 is 0. The van der Waals surface area contributed by atoms with Crippen LogP contribution in [-0.2, 0) is 6.54 Å². The first-order valence-corrected chi connectivity index (χ1v) is 8.61. The lowest BCUT2D eigenvalue weighted by Gasteiger charge is -2.26. The van der Waals surface area contributed by atoms with Crippen molar-refractivity contribution in [1.82, 2.24) is 15.3 Å². The van der Waals surface area contributed by atoms with Gasteiger partial charge in [0, 0.05) is 24.8 Å². The van der Waals surface area contributed by atoms with Crippen LogP contribution >= 0.6 is 0 Å². The number of hydrogen-bond donors (Lipinski definition) is 1. The first-order valence-electron chi connectivity index (χ1n) is 8.61. The minimum atomic E-state index is -4.76. The Bertz CT molecular complexity index is 775. The van der Waals surface area contributed by atoms with E-state index in [0.29, 0.717) is 11.6 Å². The molecule has 1 aromatic carbocycles. The third kappa shape index (κ3) is 5.57. The molecule has 0 spiro atoms. The molecule has 0 bridgehead atoms. The molecular formula is C18H19F3N4O2. The number of alkyl halides is 3. The Balaban J connectivity index is 1.57. The molecule has 1 fully saturated rings. The van der Waals surface area contributed by atoms with E-state index in [-0.39, 0.29) is 17.9 Å². The molecule has 1 aliphatic heterocycles. The highest BCUT2D eigenvalue weighted by Crippen LogP contribution is 2.22. The predicted molar refractivity (Wildman–Crippen MR) is 92.4 cm³/mol. The number of rotatable bonds is 5. The SMILES string of the molecule is O=C(NCc1ccnc(N2CCCCC2)n1)c1ccc(OC(F)(F)F)cc1. The number of hydrogen-bond acceptors (Lipinski definition) is 5. The molecule has 0 atom stereocenters. The molecule has 2 aromatic rings. The van der Waals surface area contributed by atoms with Crippen molar-refractivity contribution >= 4 is 11.9 Å². The van der Waals surface area contributed by atoms with Crippen molar-refractivity contribution < 1.29 is 22.7 Å². The van der Waals surface area contributed by atoms with Crippen LogP contribution in [0, 0.1) is 0 Å². The van der Waals surface area contributed by atoms with Crippen LogP contribution in [0.1, 0.15) is 35.3 Å². The van der Waals surface area contributed by atoms with Gasteiger partial charge in [0.15, 0.2) is 0 Å². The molecular weight excluding hydrogens is 361 g/mol. The number of carbonyl (C=O) groups is 1. The van der Waals surface area contributed by atoms with E-state index in [1.165, 1.54) is 18.6 Å². The summed E-state index contributed by atoms with van der Waals surface area (Å²) in [4.78, 5) is 23.0. The highest BCUT2D eigenvalue weighted by Gasteiger charge is 2.31. The van der Waals surface area contributed by atoms with Gasteiger partial charge in [0.25, 0.3) is 5.91 Å². The molecule has 0 unspecified atom stereocenters. The van der Waals surface area contributed by atoms with Gasteiger partial charge in [-0.1, -0.05) is 0 Å².